The Balaban J connectivity index is 2.34. The number of hydrogen-bond acceptors (Lipinski definition) is 3. The van der Waals surface area contributed by atoms with E-state index < -0.39 is 0 Å². The minimum absolute atomic E-state index is 0.531. The van der Waals surface area contributed by atoms with Crippen LogP contribution in [0.2, 0.25) is 0 Å². The number of nitrogens with zero attached hydrogens (tertiary/aromatic N) is 2. The van der Waals surface area contributed by atoms with Gasteiger partial charge in [0.15, 0.2) is 0 Å². The van der Waals surface area contributed by atoms with E-state index in [4.69, 9.17) is 11.6 Å². The van der Waals surface area contributed by atoms with Crippen molar-refractivity contribution in [2.75, 3.05) is 19.6 Å². The fourth-order valence-corrected chi connectivity index (χ4v) is 2.54. The van der Waals surface area contributed by atoms with E-state index in [0.717, 1.165) is 25.2 Å². The van der Waals surface area contributed by atoms with Gasteiger partial charge in [0.1, 0.15) is 0 Å². The molecule has 0 saturated carbocycles. The molecule has 0 aliphatic heterocycles. The van der Waals surface area contributed by atoms with Crippen LogP contribution in [0.5, 0.6) is 0 Å². The first-order valence-electron chi connectivity index (χ1n) is 5.51. The van der Waals surface area contributed by atoms with Gasteiger partial charge < -0.3 is 4.90 Å². The summed E-state index contributed by atoms with van der Waals surface area (Å²) < 4.78 is 0. The van der Waals surface area contributed by atoms with Gasteiger partial charge in [-0.3, -0.25) is 0 Å². The average Bonchev–Trinajstić information content (AvgIpc) is 2.72. The average molecular weight is 247 g/mol. The van der Waals surface area contributed by atoms with Crippen molar-refractivity contribution in [3.05, 3.63) is 16.1 Å². The van der Waals surface area contributed by atoms with Gasteiger partial charge >= 0.3 is 0 Å². The third-order valence-corrected chi connectivity index (χ3v) is 3.60. The smallest absolute Gasteiger partial charge is 0.0941 e. The highest BCUT2D eigenvalue weighted by atomic mass is 35.5. The summed E-state index contributed by atoms with van der Waals surface area (Å²) in [6.07, 6.45) is 2.27. The number of rotatable bonds is 7. The van der Waals surface area contributed by atoms with Crippen molar-refractivity contribution in [2.45, 2.75) is 32.6 Å². The molecule has 0 fully saturated rings. The van der Waals surface area contributed by atoms with Crippen molar-refractivity contribution in [3.8, 4) is 0 Å². The highest BCUT2D eigenvalue weighted by Gasteiger charge is 2.04. The molecule has 0 amide bonds. The predicted octanol–water partition coefficient (Wildman–Crippen LogP) is 3.16. The first-order chi connectivity index (χ1) is 7.30. The molecule has 0 unspecified atom stereocenters. The zero-order valence-electron chi connectivity index (χ0n) is 9.50. The maximum atomic E-state index is 5.71. The van der Waals surface area contributed by atoms with Gasteiger partial charge in [0, 0.05) is 18.3 Å². The lowest BCUT2D eigenvalue weighted by Gasteiger charge is -2.18. The Hall–Kier alpha value is -0.120. The topological polar surface area (TPSA) is 16.1 Å². The van der Waals surface area contributed by atoms with E-state index in [-0.39, 0.29) is 0 Å². The Morgan fingerprint density at radius 2 is 2.20 bits per heavy atom. The zero-order valence-corrected chi connectivity index (χ0v) is 11.1. The lowest BCUT2D eigenvalue weighted by molar-refractivity contribution is 0.292. The summed E-state index contributed by atoms with van der Waals surface area (Å²) >= 11 is 7.44. The minimum Gasteiger partial charge on any atom is -0.303 e. The molecular formula is C11H19ClN2S. The molecule has 0 aromatic carbocycles. The second-order valence-corrected chi connectivity index (χ2v) is 4.76. The molecule has 4 heteroatoms. The van der Waals surface area contributed by atoms with Gasteiger partial charge in [-0.15, -0.1) is 22.9 Å². The van der Waals surface area contributed by atoms with Crippen LogP contribution < -0.4 is 0 Å². The number of aromatic nitrogens is 1. The SMILES string of the molecule is CCCN(CC)CCc1nc(CCl)cs1. The zero-order chi connectivity index (χ0) is 11.1. The summed E-state index contributed by atoms with van der Waals surface area (Å²) in [5.74, 6) is 0.531. The first-order valence-corrected chi connectivity index (χ1v) is 6.93. The lowest BCUT2D eigenvalue weighted by atomic mass is 10.3. The Labute approximate surface area is 101 Å². The van der Waals surface area contributed by atoms with Crippen molar-refractivity contribution in [3.63, 3.8) is 0 Å². The largest absolute Gasteiger partial charge is 0.303 e. The summed E-state index contributed by atoms with van der Waals surface area (Å²) in [4.78, 5) is 6.92. The lowest BCUT2D eigenvalue weighted by Crippen LogP contribution is -2.26. The highest BCUT2D eigenvalue weighted by Crippen LogP contribution is 2.12. The summed E-state index contributed by atoms with van der Waals surface area (Å²) in [6.45, 7) is 7.85. The molecule has 1 heterocycles. The van der Waals surface area contributed by atoms with Gasteiger partial charge in [-0.1, -0.05) is 13.8 Å². The normalized spacial score (nSPS) is 11.2. The van der Waals surface area contributed by atoms with E-state index in [0.29, 0.717) is 5.88 Å². The molecule has 0 aliphatic rings. The molecule has 0 aliphatic carbocycles. The molecule has 0 saturated heterocycles. The fraction of sp³-hybridized carbons (Fsp3) is 0.727. The van der Waals surface area contributed by atoms with Crippen LogP contribution in [-0.4, -0.2) is 29.5 Å². The quantitative estimate of drug-likeness (QED) is 0.687. The third-order valence-electron chi connectivity index (χ3n) is 2.37. The molecule has 15 heavy (non-hydrogen) atoms. The molecule has 1 aromatic heterocycles. The van der Waals surface area contributed by atoms with Crippen molar-refractivity contribution < 1.29 is 0 Å². The summed E-state index contributed by atoms with van der Waals surface area (Å²) in [7, 11) is 0. The number of hydrogen-bond donors (Lipinski definition) is 0. The van der Waals surface area contributed by atoms with Crippen LogP contribution in [0.1, 0.15) is 31.0 Å². The van der Waals surface area contributed by atoms with Crippen LogP contribution in [0.4, 0.5) is 0 Å². The maximum Gasteiger partial charge on any atom is 0.0941 e. The molecule has 1 aromatic rings. The molecule has 0 bridgehead atoms. The molecule has 1 rings (SSSR count). The van der Waals surface area contributed by atoms with E-state index in [1.165, 1.54) is 18.0 Å². The van der Waals surface area contributed by atoms with E-state index in [1.54, 1.807) is 11.3 Å². The molecule has 0 N–H and O–H groups in total. The van der Waals surface area contributed by atoms with Crippen molar-refractivity contribution in [1.29, 1.82) is 0 Å². The fourth-order valence-electron chi connectivity index (χ4n) is 1.52. The highest BCUT2D eigenvalue weighted by molar-refractivity contribution is 7.09. The molecule has 86 valence electrons. The number of thiazole rings is 1. The predicted molar refractivity (Wildman–Crippen MR) is 67.8 cm³/mol. The standard InChI is InChI=1S/C11H19ClN2S/c1-3-6-14(4-2)7-5-11-13-10(8-12)9-15-11/h9H,3-8H2,1-2H3. The van der Waals surface area contributed by atoms with Gasteiger partial charge in [0.25, 0.3) is 0 Å². The molecule has 0 spiro atoms. The third kappa shape index (κ3) is 4.49. The van der Waals surface area contributed by atoms with Crippen LogP contribution in [-0.2, 0) is 12.3 Å². The molecule has 2 nitrogen and oxygen atoms in total. The first kappa shape index (κ1) is 12.9. The van der Waals surface area contributed by atoms with Crippen LogP contribution in [0.15, 0.2) is 5.38 Å². The van der Waals surface area contributed by atoms with Gasteiger partial charge in [-0.05, 0) is 19.5 Å². The Morgan fingerprint density at radius 1 is 1.40 bits per heavy atom. The molecule has 0 radical (unpaired) electrons. The van der Waals surface area contributed by atoms with Gasteiger partial charge in [-0.25, -0.2) is 4.98 Å². The van der Waals surface area contributed by atoms with Crippen molar-refractivity contribution in [1.82, 2.24) is 9.88 Å². The van der Waals surface area contributed by atoms with E-state index >= 15 is 0 Å². The van der Waals surface area contributed by atoms with Crippen LogP contribution >= 0.6 is 22.9 Å². The van der Waals surface area contributed by atoms with E-state index in [9.17, 15) is 0 Å². The Kier molecular flexibility index (Phi) is 6.22. The van der Waals surface area contributed by atoms with Crippen LogP contribution in [0.3, 0.4) is 0 Å². The number of halogens is 1. The van der Waals surface area contributed by atoms with Crippen molar-refractivity contribution in [2.24, 2.45) is 0 Å². The second-order valence-electron chi connectivity index (χ2n) is 3.55. The minimum atomic E-state index is 0.531. The number of alkyl halides is 1. The maximum absolute atomic E-state index is 5.71. The van der Waals surface area contributed by atoms with Gasteiger partial charge in [0.05, 0.1) is 16.6 Å². The molecule has 0 atom stereocenters. The van der Waals surface area contributed by atoms with Gasteiger partial charge in [0.2, 0.25) is 0 Å². The number of likely N-dealkylation sites (N-methyl/N-ethyl adjacent to an activating group) is 1. The monoisotopic (exact) mass is 246 g/mol. The second kappa shape index (κ2) is 7.20. The summed E-state index contributed by atoms with van der Waals surface area (Å²) in [5, 5.41) is 3.26. The molecular weight excluding hydrogens is 228 g/mol. The Bertz CT molecular complexity index is 275. The van der Waals surface area contributed by atoms with E-state index in [1.807, 2.05) is 0 Å². The van der Waals surface area contributed by atoms with Crippen LogP contribution in [0, 0.1) is 0 Å². The van der Waals surface area contributed by atoms with Gasteiger partial charge in [-0.2, -0.15) is 0 Å². The summed E-state index contributed by atoms with van der Waals surface area (Å²) in [5.41, 5.74) is 1.01. The van der Waals surface area contributed by atoms with E-state index in [2.05, 4.69) is 29.1 Å². The van der Waals surface area contributed by atoms with Crippen LogP contribution in [0.25, 0.3) is 0 Å². The summed E-state index contributed by atoms with van der Waals surface area (Å²) in [6, 6.07) is 0. The van der Waals surface area contributed by atoms with Crippen molar-refractivity contribution >= 4 is 22.9 Å². The Morgan fingerprint density at radius 3 is 2.73 bits per heavy atom.